The lowest BCUT2D eigenvalue weighted by atomic mass is 10.2. The van der Waals surface area contributed by atoms with Gasteiger partial charge in [-0.3, -0.25) is 0 Å². The molecular formula is C17H24IN5. The molecular weight excluding hydrogens is 401 g/mol. The number of guanidine groups is 1. The molecule has 0 bridgehead atoms. The van der Waals surface area contributed by atoms with E-state index in [1.807, 2.05) is 23.2 Å². The van der Waals surface area contributed by atoms with Crippen LogP contribution in [0.4, 0.5) is 0 Å². The highest BCUT2D eigenvalue weighted by Crippen LogP contribution is 2.16. The molecule has 1 aliphatic heterocycles. The molecule has 0 spiro atoms. The van der Waals surface area contributed by atoms with E-state index in [9.17, 15) is 0 Å². The zero-order valence-electron chi connectivity index (χ0n) is 13.5. The Balaban J connectivity index is 0.00000192. The van der Waals surface area contributed by atoms with E-state index in [0.717, 1.165) is 31.3 Å². The van der Waals surface area contributed by atoms with Crippen LogP contribution in [0, 0.1) is 0 Å². The Morgan fingerprint density at radius 1 is 1.26 bits per heavy atom. The summed E-state index contributed by atoms with van der Waals surface area (Å²) in [5.74, 6) is 1.03. The van der Waals surface area contributed by atoms with E-state index in [2.05, 4.69) is 40.3 Å². The van der Waals surface area contributed by atoms with Crippen LogP contribution in [0.1, 0.15) is 25.3 Å². The Bertz CT molecular complexity index is 618. The summed E-state index contributed by atoms with van der Waals surface area (Å²) in [5.41, 5.74) is 2.34. The minimum absolute atomic E-state index is 0. The number of para-hydroxylation sites is 1. The van der Waals surface area contributed by atoms with Gasteiger partial charge in [-0.25, -0.2) is 9.98 Å². The Labute approximate surface area is 154 Å². The van der Waals surface area contributed by atoms with Crippen molar-refractivity contribution in [2.24, 2.45) is 4.99 Å². The van der Waals surface area contributed by atoms with Crippen LogP contribution in [-0.2, 0) is 6.54 Å². The normalized spacial score (nSPS) is 14.7. The Morgan fingerprint density at radius 3 is 2.74 bits per heavy atom. The second-order valence-corrected chi connectivity index (χ2v) is 5.46. The van der Waals surface area contributed by atoms with Crippen LogP contribution in [-0.4, -0.2) is 40.0 Å². The van der Waals surface area contributed by atoms with Crippen molar-refractivity contribution in [2.75, 3.05) is 19.6 Å². The maximum Gasteiger partial charge on any atom is 0.194 e. The molecule has 0 radical (unpaired) electrons. The first-order chi connectivity index (χ1) is 10.9. The summed E-state index contributed by atoms with van der Waals surface area (Å²) >= 11 is 0. The predicted molar refractivity (Wildman–Crippen MR) is 105 cm³/mol. The number of hydrogen-bond donors (Lipinski definition) is 1. The van der Waals surface area contributed by atoms with Crippen LogP contribution < -0.4 is 5.32 Å². The van der Waals surface area contributed by atoms with Crippen molar-refractivity contribution in [3.05, 3.63) is 48.5 Å². The van der Waals surface area contributed by atoms with Gasteiger partial charge in [0.05, 0.1) is 18.6 Å². The lowest BCUT2D eigenvalue weighted by molar-refractivity contribution is 0.493. The average Bonchev–Trinajstić information content (AvgIpc) is 3.24. The molecule has 0 atom stereocenters. The minimum Gasteiger partial charge on any atom is -0.357 e. The highest BCUT2D eigenvalue weighted by atomic mass is 127. The van der Waals surface area contributed by atoms with E-state index >= 15 is 0 Å². The van der Waals surface area contributed by atoms with Crippen LogP contribution in [0.2, 0.25) is 0 Å². The zero-order valence-corrected chi connectivity index (χ0v) is 15.8. The number of nitrogens with zero attached hydrogens (tertiary/aromatic N) is 4. The van der Waals surface area contributed by atoms with E-state index in [0.29, 0.717) is 6.54 Å². The number of imidazole rings is 1. The van der Waals surface area contributed by atoms with Crippen molar-refractivity contribution in [2.45, 2.75) is 26.3 Å². The van der Waals surface area contributed by atoms with Gasteiger partial charge in [-0.1, -0.05) is 18.2 Å². The van der Waals surface area contributed by atoms with Crippen LogP contribution in [0.5, 0.6) is 0 Å². The van der Waals surface area contributed by atoms with Gasteiger partial charge in [0.1, 0.15) is 0 Å². The van der Waals surface area contributed by atoms with E-state index in [-0.39, 0.29) is 24.0 Å². The van der Waals surface area contributed by atoms with Gasteiger partial charge in [-0.2, -0.15) is 0 Å². The largest absolute Gasteiger partial charge is 0.357 e. The van der Waals surface area contributed by atoms with Crippen molar-refractivity contribution in [3.63, 3.8) is 0 Å². The maximum atomic E-state index is 4.83. The zero-order chi connectivity index (χ0) is 15.2. The number of aromatic nitrogens is 2. The third-order valence-corrected chi connectivity index (χ3v) is 3.91. The quantitative estimate of drug-likeness (QED) is 0.466. The van der Waals surface area contributed by atoms with Gasteiger partial charge >= 0.3 is 0 Å². The maximum absolute atomic E-state index is 4.83. The van der Waals surface area contributed by atoms with E-state index < -0.39 is 0 Å². The monoisotopic (exact) mass is 425 g/mol. The van der Waals surface area contributed by atoms with E-state index in [1.54, 1.807) is 6.20 Å². The van der Waals surface area contributed by atoms with Crippen molar-refractivity contribution in [1.82, 2.24) is 19.8 Å². The fourth-order valence-corrected chi connectivity index (χ4v) is 2.81. The molecule has 0 aliphatic carbocycles. The van der Waals surface area contributed by atoms with E-state index in [1.165, 1.54) is 18.4 Å². The molecule has 2 heterocycles. The summed E-state index contributed by atoms with van der Waals surface area (Å²) in [6.07, 6.45) is 8.11. The van der Waals surface area contributed by atoms with Gasteiger partial charge in [-0.15, -0.1) is 24.0 Å². The first-order valence-corrected chi connectivity index (χ1v) is 7.98. The second kappa shape index (κ2) is 8.90. The summed E-state index contributed by atoms with van der Waals surface area (Å²) in [7, 11) is 0. The van der Waals surface area contributed by atoms with E-state index in [4.69, 9.17) is 4.99 Å². The fourth-order valence-electron chi connectivity index (χ4n) is 2.81. The minimum atomic E-state index is 0. The number of rotatable bonds is 4. The molecule has 1 saturated heterocycles. The molecule has 2 aromatic rings. The van der Waals surface area contributed by atoms with Gasteiger partial charge in [-0.05, 0) is 31.4 Å². The second-order valence-electron chi connectivity index (χ2n) is 5.46. The van der Waals surface area contributed by atoms with Crippen LogP contribution in [0.3, 0.4) is 0 Å². The lowest BCUT2D eigenvalue weighted by Crippen LogP contribution is -2.39. The molecule has 3 rings (SSSR count). The average molecular weight is 425 g/mol. The summed E-state index contributed by atoms with van der Waals surface area (Å²) < 4.78 is 2.04. The molecule has 1 aromatic heterocycles. The van der Waals surface area contributed by atoms with Crippen molar-refractivity contribution in [1.29, 1.82) is 0 Å². The number of benzene rings is 1. The Hall–Kier alpha value is -1.57. The van der Waals surface area contributed by atoms with Crippen molar-refractivity contribution < 1.29 is 0 Å². The van der Waals surface area contributed by atoms with Crippen LogP contribution in [0.25, 0.3) is 5.69 Å². The molecule has 1 aromatic carbocycles. The third kappa shape index (κ3) is 4.46. The Morgan fingerprint density at radius 2 is 2.04 bits per heavy atom. The van der Waals surface area contributed by atoms with Gasteiger partial charge in [0.2, 0.25) is 0 Å². The smallest absolute Gasteiger partial charge is 0.194 e. The molecule has 1 aliphatic rings. The van der Waals surface area contributed by atoms with Crippen LogP contribution >= 0.6 is 24.0 Å². The third-order valence-electron chi connectivity index (χ3n) is 3.91. The van der Waals surface area contributed by atoms with Gasteiger partial charge in [0.25, 0.3) is 0 Å². The standard InChI is InChI=1S/C17H23N5.HI/c1-2-19-17(21-10-5-6-11-21)20-13-15-7-3-4-8-16(15)22-12-9-18-14-22;/h3-4,7-9,12,14H,2,5-6,10-11,13H2,1H3,(H,19,20);1H. The molecule has 6 heteroatoms. The summed E-state index contributed by atoms with van der Waals surface area (Å²) in [6.45, 7) is 5.90. The topological polar surface area (TPSA) is 45.5 Å². The number of halogens is 1. The number of hydrogen-bond acceptors (Lipinski definition) is 2. The molecule has 5 nitrogen and oxygen atoms in total. The Kier molecular flexibility index (Phi) is 6.88. The summed E-state index contributed by atoms with van der Waals surface area (Å²) in [4.78, 5) is 11.3. The van der Waals surface area contributed by atoms with Gasteiger partial charge < -0.3 is 14.8 Å². The van der Waals surface area contributed by atoms with Crippen molar-refractivity contribution in [3.8, 4) is 5.69 Å². The SMILES string of the molecule is CCNC(=NCc1ccccc1-n1ccnc1)N1CCCC1.I. The molecule has 124 valence electrons. The molecule has 0 saturated carbocycles. The molecule has 1 N–H and O–H groups in total. The predicted octanol–water partition coefficient (Wildman–Crippen LogP) is 3.05. The van der Waals surface area contributed by atoms with Crippen molar-refractivity contribution >= 4 is 29.9 Å². The molecule has 0 amide bonds. The summed E-state index contributed by atoms with van der Waals surface area (Å²) in [6, 6.07) is 8.35. The van der Waals surface area contributed by atoms with Gasteiger partial charge in [0.15, 0.2) is 5.96 Å². The molecule has 0 unspecified atom stereocenters. The lowest BCUT2D eigenvalue weighted by Gasteiger charge is -2.21. The molecule has 23 heavy (non-hydrogen) atoms. The van der Waals surface area contributed by atoms with Crippen LogP contribution in [0.15, 0.2) is 48.0 Å². The first-order valence-electron chi connectivity index (χ1n) is 7.98. The van der Waals surface area contributed by atoms with Gasteiger partial charge in [0, 0.05) is 32.0 Å². The number of likely N-dealkylation sites (tertiary alicyclic amines) is 1. The number of aliphatic imine (C=N–C) groups is 1. The fraction of sp³-hybridized carbons (Fsp3) is 0.412. The summed E-state index contributed by atoms with van der Waals surface area (Å²) in [5, 5.41) is 3.41. The first kappa shape index (κ1) is 17.8. The highest BCUT2D eigenvalue weighted by molar-refractivity contribution is 14.0. The highest BCUT2D eigenvalue weighted by Gasteiger charge is 2.15. The molecule has 1 fully saturated rings. The number of nitrogens with one attached hydrogen (secondary N) is 1.